The second-order valence-electron chi connectivity index (χ2n) is 5.01. The highest BCUT2D eigenvalue weighted by atomic mass is 35.5. The third-order valence-electron chi connectivity index (χ3n) is 3.64. The molecule has 7 heteroatoms. The lowest BCUT2D eigenvalue weighted by Crippen LogP contribution is -2.32. The van der Waals surface area contributed by atoms with E-state index in [9.17, 15) is 8.42 Å². The van der Waals surface area contributed by atoms with Gasteiger partial charge in [0.2, 0.25) is 0 Å². The fraction of sp³-hybridized carbons (Fsp3) is 0.333. The first kappa shape index (κ1) is 16.3. The fourth-order valence-corrected chi connectivity index (χ4v) is 6.83. The smallest absolute Gasteiger partial charge is 0.206 e. The molecule has 0 spiro atoms. The van der Waals surface area contributed by atoms with E-state index in [1.165, 1.54) is 11.3 Å². The summed E-state index contributed by atoms with van der Waals surface area (Å²) >= 11 is 9.33. The monoisotopic (exact) mass is 373 g/mol. The van der Waals surface area contributed by atoms with E-state index in [0.29, 0.717) is 17.3 Å². The van der Waals surface area contributed by atoms with Gasteiger partial charge in [-0.3, -0.25) is 0 Å². The normalized spacial score (nSPS) is 20.7. The number of hydrogen-bond donors (Lipinski definition) is 0. The first-order chi connectivity index (χ1) is 10.6. The molecule has 2 aromatic rings. The van der Waals surface area contributed by atoms with Crippen molar-refractivity contribution in [2.45, 2.75) is 15.9 Å². The number of benzene rings is 1. The topological polar surface area (TPSA) is 37.4 Å². The Kier molecular flexibility index (Phi) is 5.14. The molecule has 0 saturated carbocycles. The minimum atomic E-state index is -3.35. The number of sulfonamides is 1. The van der Waals surface area contributed by atoms with Crippen LogP contribution in [0, 0.1) is 0 Å². The highest BCUT2D eigenvalue weighted by Crippen LogP contribution is 2.38. The number of thioether (sulfide) groups is 1. The van der Waals surface area contributed by atoms with Crippen molar-refractivity contribution in [2.24, 2.45) is 0 Å². The summed E-state index contributed by atoms with van der Waals surface area (Å²) in [6.45, 7) is 1.08. The van der Waals surface area contributed by atoms with Crippen LogP contribution in [0.2, 0.25) is 5.02 Å². The van der Waals surface area contributed by atoms with Gasteiger partial charge < -0.3 is 0 Å². The molecule has 1 atom stereocenters. The molecule has 0 unspecified atom stereocenters. The van der Waals surface area contributed by atoms with Crippen LogP contribution in [0.1, 0.15) is 17.2 Å². The zero-order chi connectivity index (χ0) is 15.6. The zero-order valence-electron chi connectivity index (χ0n) is 11.8. The molecule has 2 heterocycles. The van der Waals surface area contributed by atoms with Gasteiger partial charge in [-0.25, -0.2) is 8.42 Å². The summed E-state index contributed by atoms with van der Waals surface area (Å²) in [7, 11) is -3.35. The van der Waals surface area contributed by atoms with Gasteiger partial charge in [0.25, 0.3) is 10.0 Å². The molecule has 118 valence electrons. The number of hydrogen-bond acceptors (Lipinski definition) is 4. The lowest BCUT2D eigenvalue weighted by atomic mass is 10.1. The standard InChI is InChI=1S/C15H16ClNO2S3/c16-13-5-2-1-4-12(13)14-7-8-17(9-11-20-14)22(18,19)15-6-3-10-21-15/h1-6,10,14H,7-9,11H2/t14-/m1/s1. The summed E-state index contributed by atoms with van der Waals surface area (Å²) in [6, 6.07) is 11.3. The molecule has 1 aliphatic heterocycles. The lowest BCUT2D eigenvalue weighted by molar-refractivity contribution is 0.429. The Morgan fingerprint density at radius 2 is 1.95 bits per heavy atom. The van der Waals surface area contributed by atoms with Crippen LogP contribution in [0.25, 0.3) is 0 Å². The van der Waals surface area contributed by atoms with Crippen LogP contribution in [0.3, 0.4) is 0 Å². The van der Waals surface area contributed by atoms with Crippen LogP contribution in [0.4, 0.5) is 0 Å². The van der Waals surface area contributed by atoms with Crippen molar-refractivity contribution in [2.75, 3.05) is 18.8 Å². The van der Waals surface area contributed by atoms with E-state index < -0.39 is 10.0 Å². The molecule has 0 aliphatic carbocycles. The van der Waals surface area contributed by atoms with Crippen molar-refractivity contribution < 1.29 is 8.42 Å². The molecular formula is C15H16ClNO2S3. The molecule has 22 heavy (non-hydrogen) atoms. The predicted molar refractivity (Wildman–Crippen MR) is 94.3 cm³/mol. The molecule has 1 aromatic carbocycles. The molecule has 0 amide bonds. The Bertz CT molecular complexity index is 731. The molecule has 0 radical (unpaired) electrons. The SMILES string of the molecule is O=S(=O)(c1cccs1)N1CCS[C@@H](c2ccccc2Cl)CC1. The first-order valence-electron chi connectivity index (χ1n) is 6.99. The Labute approximate surface area is 144 Å². The van der Waals surface area contributed by atoms with E-state index in [4.69, 9.17) is 11.6 Å². The minimum absolute atomic E-state index is 0.247. The third kappa shape index (κ3) is 3.36. The van der Waals surface area contributed by atoms with Gasteiger partial charge >= 0.3 is 0 Å². The van der Waals surface area contributed by atoms with Gasteiger partial charge in [0.1, 0.15) is 4.21 Å². The molecule has 3 nitrogen and oxygen atoms in total. The summed E-state index contributed by atoms with van der Waals surface area (Å²) in [5.41, 5.74) is 1.10. The fourth-order valence-electron chi connectivity index (χ4n) is 2.51. The zero-order valence-corrected chi connectivity index (χ0v) is 15.0. The third-order valence-corrected chi connectivity index (χ3v) is 8.57. The number of nitrogens with zero attached hydrogens (tertiary/aromatic N) is 1. The quantitative estimate of drug-likeness (QED) is 0.806. The highest BCUT2D eigenvalue weighted by Gasteiger charge is 2.29. The van der Waals surface area contributed by atoms with Gasteiger partial charge in [-0.15, -0.1) is 11.3 Å². The lowest BCUT2D eigenvalue weighted by Gasteiger charge is -2.19. The van der Waals surface area contributed by atoms with Crippen LogP contribution in [-0.4, -0.2) is 31.6 Å². The largest absolute Gasteiger partial charge is 0.252 e. The summed E-state index contributed by atoms with van der Waals surface area (Å²) in [4.78, 5) is 0. The van der Waals surface area contributed by atoms with Gasteiger partial charge in [-0.2, -0.15) is 16.1 Å². The van der Waals surface area contributed by atoms with Crippen molar-refractivity contribution in [3.8, 4) is 0 Å². The molecule has 1 fully saturated rings. The maximum absolute atomic E-state index is 12.6. The van der Waals surface area contributed by atoms with Crippen LogP contribution in [-0.2, 0) is 10.0 Å². The Balaban J connectivity index is 1.77. The summed E-state index contributed by atoms with van der Waals surface area (Å²) < 4.78 is 27.2. The first-order valence-corrected chi connectivity index (χ1v) is 10.7. The van der Waals surface area contributed by atoms with E-state index in [1.54, 1.807) is 33.6 Å². The molecule has 1 aromatic heterocycles. The highest BCUT2D eigenvalue weighted by molar-refractivity contribution is 7.99. The van der Waals surface area contributed by atoms with Crippen LogP contribution >= 0.6 is 34.7 Å². The van der Waals surface area contributed by atoms with Crippen molar-refractivity contribution in [1.29, 1.82) is 0 Å². The Morgan fingerprint density at radius 1 is 1.14 bits per heavy atom. The van der Waals surface area contributed by atoms with E-state index >= 15 is 0 Å². The van der Waals surface area contributed by atoms with E-state index in [0.717, 1.165) is 22.8 Å². The van der Waals surface area contributed by atoms with E-state index in [1.807, 2.05) is 24.3 Å². The average Bonchev–Trinajstić information content (AvgIpc) is 2.94. The molecule has 1 aliphatic rings. The van der Waals surface area contributed by atoms with Crippen molar-refractivity contribution in [1.82, 2.24) is 4.31 Å². The Morgan fingerprint density at radius 3 is 2.68 bits per heavy atom. The van der Waals surface area contributed by atoms with Crippen molar-refractivity contribution in [3.05, 3.63) is 52.4 Å². The van der Waals surface area contributed by atoms with Crippen molar-refractivity contribution in [3.63, 3.8) is 0 Å². The van der Waals surface area contributed by atoms with Crippen LogP contribution in [0.5, 0.6) is 0 Å². The summed E-state index contributed by atoms with van der Waals surface area (Å²) in [5, 5.41) is 2.80. The average molecular weight is 374 g/mol. The summed E-state index contributed by atoms with van der Waals surface area (Å²) in [6.07, 6.45) is 0.777. The number of thiophene rings is 1. The molecule has 1 saturated heterocycles. The number of rotatable bonds is 3. The van der Waals surface area contributed by atoms with Gasteiger partial charge in [0.15, 0.2) is 0 Å². The van der Waals surface area contributed by atoms with Crippen molar-refractivity contribution >= 4 is 44.7 Å². The van der Waals surface area contributed by atoms with E-state index in [-0.39, 0.29) is 5.25 Å². The number of halogens is 1. The molecule has 3 rings (SSSR count). The van der Waals surface area contributed by atoms with Gasteiger partial charge in [0.05, 0.1) is 0 Å². The van der Waals surface area contributed by atoms with Crippen LogP contribution < -0.4 is 0 Å². The van der Waals surface area contributed by atoms with Gasteiger partial charge in [-0.1, -0.05) is 35.9 Å². The van der Waals surface area contributed by atoms with Gasteiger partial charge in [0, 0.05) is 29.1 Å². The maximum Gasteiger partial charge on any atom is 0.252 e. The predicted octanol–water partition coefficient (Wildman–Crippen LogP) is 4.27. The second kappa shape index (κ2) is 6.93. The second-order valence-corrected chi connectivity index (χ2v) is 9.84. The van der Waals surface area contributed by atoms with E-state index in [2.05, 4.69) is 0 Å². The molecule has 0 N–H and O–H groups in total. The minimum Gasteiger partial charge on any atom is -0.206 e. The van der Waals surface area contributed by atoms with Crippen LogP contribution in [0.15, 0.2) is 46.0 Å². The maximum atomic E-state index is 12.6. The molecular weight excluding hydrogens is 358 g/mol. The molecule has 0 bridgehead atoms. The Hall–Kier alpha value is -0.530. The van der Waals surface area contributed by atoms with Gasteiger partial charge in [-0.05, 0) is 29.5 Å². The summed E-state index contributed by atoms with van der Waals surface area (Å²) in [5.74, 6) is 0.778.